The normalized spacial score (nSPS) is 14.1. The number of rotatable bonds is 4. The smallest absolute Gasteiger partial charge is 0.353 e. The molecule has 3 aromatic rings. The number of benzene rings is 1. The first-order valence-corrected chi connectivity index (χ1v) is 9.45. The lowest BCUT2D eigenvalue weighted by Crippen LogP contribution is -2.17. The summed E-state index contributed by atoms with van der Waals surface area (Å²) in [7, 11) is 0. The highest BCUT2D eigenvalue weighted by Crippen LogP contribution is 2.34. The van der Waals surface area contributed by atoms with E-state index in [0.717, 1.165) is 45.0 Å². The van der Waals surface area contributed by atoms with Gasteiger partial charge in [-0.25, -0.2) is 9.79 Å². The monoisotopic (exact) mass is 382 g/mol. The van der Waals surface area contributed by atoms with Crippen molar-refractivity contribution in [1.29, 1.82) is 0 Å². The van der Waals surface area contributed by atoms with Gasteiger partial charge in [0.1, 0.15) is 12.3 Å². The van der Waals surface area contributed by atoms with Crippen molar-refractivity contribution in [3.8, 4) is 0 Å². The number of aliphatic imine (C=N–C) groups is 2. The molecule has 0 spiro atoms. The Kier molecular flexibility index (Phi) is 4.24. The van der Waals surface area contributed by atoms with Gasteiger partial charge in [0.25, 0.3) is 0 Å². The zero-order valence-electron chi connectivity index (χ0n) is 15.9. The Labute approximate surface area is 168 Å². The minimum Gasteiger partial charge on any atom is -0.455 e. The van der Waals surface area contributed by atoms with Crippen molar-refractivity contribution in [2.75, 3.05) is 0 Å². The van der Waals surface area contributed by atoms with Gasteiger partial charge in [-0.15, -0.1) is 0 Å². The lowest BCUT2D eigenvalue weighted by Gasteiger charge is -2.06. The standard InChI is InChI=1S/C23H18N4O2/c1-14-3-2-4-18(26-14)13-29-23(28)21-10-16-9-17-12-25-22(15-5-7-24-8-6-15)19(17)11-20(16)27-21/h2-9,11H,10,12-13H2,1H3. The Bertz CT molecular complexity index is 1180. The molecule has 29 heavy (non-hydrogen) atoms. The minimum atomic E-state index is -0.396. The van der Waals surface area contributed by atoms with Gasteiger partial charge in [-0.1, -0.05) is 12.1 Å². The highest BCUT2D eigenvalue weighted by Gasteiger charge is 2.26. The van der Waals surface area contributed by atoms with Crippen LogP contribution in [-0.2, 0) is 29.1 Å². The minimum absolute atomic E-state index is 0.144. The Balaban J connectivity index is 1.35. The van der Waals surface area contributed by atoms with Crippen LogP contribution in [0.25, 0.3) is 0 Å². The fourth-order valence-corrected chi connectivity index (χ4v) is 3.67. The van der Waals surface area contributed by atoms with E-state index in [9.17, 15) is 4.79 Å². The summed E-state index contributed by atoms with van der Waals surface area (Å²) in [6, 6.07) is 13.7. The fraction of sp³-hybridized carbons (Fsp3) is 0.174. The first-order chi connectivity index (χ1) is 14.2. The van der Waals surface area contributed by atoms with Crippen LogP contribution in [0.3, 0.4) is 0 Å². The number of pyridine rings is 2. The predicted molar refractivity (Wildman–Crippen MR) is 110 cm³/mol. The maximum absolute atomic E-state index is 12.5. The first-order valence-electron chi connectivity index (χ1n) is 9.45. The van der Waals surface area contributed by atoms with Crippen LogP contribution >= 0.6 is 0 Å². The quantitative estimate of drug-likeness (QED) is 0.647. The number of hydrogen-bond donors (Lipinski definition) is 0. The van der Waals surface area contributed by atoms with E-state index in [2.05, 4.69) is 26.0 Å². The van der Waals surface area contributed by atoms with Crippen LogP contribution in [0, 0.1) is 6.92 Å². The number of hydrogen-bond acceptors (Lipinski definition) is 6. The molecule has 0 amide bonds. The molecule has 4 heterocycles. The van der Waals surface area contributed by atoms with E-state index in [4.69, 9.17) is 4.74 Å². The van der Waals surface area contributed by atoms with E-state index in [1.165, 1.54) is 0 Å². The second kappa shape index (κ2) is 7.05. The molecule has 0 radical (unpaired) electrons. The maximum Gasteiger partial charge on any atom is 0.353 e. The Morgan fingerprint density at radius 3 is 2.79 bits per heavy atom. The Hall–Kier alpha value is -3.67. The summed E-state index contributed by atoms with van der Waals surface area (Å²) in [5, 5.41) is 0. The van der Waals surface area contributed by atoms with Crippen molar-refractivity contribution in [2.45, 2.75) is 26.5 Å². The molecule has 0 aliphatic carbocycles. The molecule has 2 aliphatic heterocycles. The fourth-order valence-electron chi connectivity index (χ4n) is 3.67. The van der Waals surface area contributed by atoms with Crippen LogP contribution < -0.4 is 0 Å². The molecule has 2 aliphatic rings. The van der Waals surface area contributed by atoms with Crippen molar-refractivity contribution in [3.05, 3.63) is 88.5 Å². The van der Waals surface area contributed by atoms with Crippen LogP contribution in [-0.4, -0.2) is 27.4 Å². The van der Waals surface area contributed by atoms with Gasteiger partial charge in [0, 0.05) is 35.6 Å². The molecule has 0 unspecified atom stereocenters. The topological polar surface area (TPSA) is 76.8 Å². The van der Waals surface area contributed by atoms with Gasteiger partial charge in [0.15, 0.2) is 0 Å². The van der Waals surface area contributed by atoms with Gasteiger partial charge in [0.2, 0.25) is 0 Å². The van der Waals surface area contributed by atoms with Gasteiger partial charge in [-0.3, -0.25) is 15.0 Å². The molecule has 6 nitrogen and oxygen atoms in total. The largest absolute Gasteiger partial charge is 0.455 e. The summed E-state index contributed by atoms with van der Waals surface area (Å²) < 4.78 is 5.43. The number of aryl methyl sites for hydroxylation is 1. The molecule has 1 aromatic carbocycles. The molecule has 142 valence electrons. The van der Waals surface area contributed by atoms with Crippen LogP contribution in [0.4, 0.5) is 5.69 Å². The van der Waals surface area contributed by atoms with Gasteiger partial charge in [-0.05, 0) is 48.4 Å². The van der Waals surface area contributed by atoms with E-state index < -0.39 is 5.97 Å². The van der Waals surface area contributed by atoms with Crippen LogP contribution in [0.5, 0.6) is 0 Å². The zero-order valence-corrected chi connectivity index (χ0v) is 15.9. The molecule has 2 aromatic heterocycles. The summed E-state index contributed by atoms with van der Waals surface area (Å²) in [5.74, 6) is -0.396. The summed E-state index contributed by atoms with van der Waals surface area (Å²) in [6.45, 7) is 2.69. The molecule has 0 saturated heterocycles. The molecule has 0 saturated carbocycles. The molecule has 5 rings (SSSR count). The number of aromatic nitrogens is 2. The van der Waals surface area contributed by atoms with E-state index in [1.54, 1.807) is 12.4 Å². The van der Waals surface area contributed by atoms with Gasteiger partial charge >= 0.3 is 5.97 Å². The molecule has 0 atom stereocenters. The summed E-state index contributed by atoms with van der Waals surface area (Å²) in [6.07, 6.45) is 4.00. The van der Waals surface area contributed by atoms with E-state index in [0.29, 0.717) is 18.7 Å². The first kappa shape index (κ1) is 17.4. The molecule has 6 heteroatoms. The van der Waals surface area contributed by atoms with E-state index >= 15 is 0 Å². The third-order valence-corrected chi connectivity index (χ3v) is 5.07. The second-order valence-corrected chi connectivity index (χ2v) is 7.12. The van der Waals surface area contributed by atoms with Crippen LogP contribution in [0.15, 0.2) is 64.8 Å². The molecular formula is C23H18N4O2. The Morgan fingerprint density at radius 1 is 1.10 bits per heavy atom. The lowest BCUT2D eigenvalue weighted by atomic mass is 9.97. The van der Waals surface area contributed by atoms with E-state index in [-0.39, 0.29) is 6.61 Å². The number of ether oxygens (including phenoxy) is 1. The van der Waals surface area contributed by atoms with Gasteiger partial charge < -0.3 is 4.74 Å². The van der Waals surface area contributed by atoms with Crippen LogP contribution in [0.1, 0.15) is 33.6 Å². The lowest BCUT2D eigenvalue weighted by molar-refractivity contribution is -0.137. The summed E-state index contributed by atoms with van der Waals surface area (Å²) >= 11 is 0. The van der Waals surface area contributed by atoms with Gasteiger partial charge in [-0.2, -0.15) is 0 Å². The summed E-state index contributed by atoms with van der Waals surface area (Å²) in [5.41, 5.74) is 8.11. The van der Waals surface area contributed by atoms with Crippen molar-refractivity contribution in [2.24, 2.45) is 9.98 Å². The van der Waals surface area contributed by atoms with Crippen molar-refractivity contribution >= 4 is 23.1 Å². The van der Waals surface area contributed by atoms with Gasteiger partial charge in [0.05, 0.1) is 23.6 Å². The molecule has 0 fully saturated rings. The Morgan fingerprint density at radius 2 is 1.97 bits per heavy atom. The highest BCUT2D eigenvalue weighted by atomic mass is 16.5. The van der Waals surface area contributed by atoms with Crippen molar-refractivity contribution in [1.82, 2.24) is 9.97 Å². The van der Waals surface area contributed by atoms with E-state index in [1.807, 2.05) is 43.3 Å². The van der Waals surface area contributed by atoms with Crippen molar-refractivity contribution < 1.29 is 9.53 Å². The number of fused-ring (bicyclic) bond motifs is 2. The molecule has 0 N–H and O–H groups in total. The highest BCUT2D eigenvalue weighted by molar-refractivity contribution is 6.38. The summed E-state index contributed by atoms with van der Waals surface area (Å²) in [4.78, 5) is 30.1. The zero-order chi connectivity index (χ0) is 19.8. The predicted octanol–water partition coefficient (Wildman–Crippen LogP) is 3.51. The SMILES string of the molecule is Cc1cccc(COC(=O)C2=Nc3cc4c(cc3C2)CN=C4c2ccncc2)n1. The molecule has 0 bridgehead atoms. The van der Waals surface area contributed by atoms with Crippen LogP contribution in [0.2, 0.25) is 0 Å². The third-order valence-electron chi connectivity index (χ3n) is 5.07. The average molecular weight is 382 g/mol. The second-order valence-electron chi connectivity index (χ2n) is 7.12. The number of carbonyl (C=O) groups excluding carboxylic acids is 1. The average Bonchev–Trinajstić information content (AvgIpc) is 3.34. The third kappa shape index (κ3) is 3.33. The van der Waals surface area contributed by atoms with Crippen molar-refractivity contribution in [3.63, 3.8) is 0 Å². The maximum atomic E-state index is 12.5. The number of esters is 1. The number of carbonyl (C=O) groups is 1. The number of nitrogens with zero attached hydrogens (tertiary/aromatic N) is 4. The molecular weight excluding hydrogens is 364 g/mol.